The molecule has 0 amide bonds. The molecular weight excluding hydrogens is 341 g/mol. The predicted octanol–water partition coefficient (Wildman–Crippen LogP) is 3.66. The van der Waals surface area contributed by atoms with Gasteiger partial charge in [0.05, 0.1) is 12.2 Å². The number of aliphatic hydroxyl groups excluding tert-OH is 1. The van der Waals surface area contributed by atoms with Crippen molar-refractivity contribution in [2.75, 3.05) is 26.2 Å². The molecule has 2 saturated heterocycles. The molecule has 0 radical (unpaired) electrons. The average Bonchev–Trinajstić information content (AvgIpc) is 3.28. The number of hydrogen-bond donors (Lipinski definition) is 1. The summed E-state index contributed by atoms with van der Waals surface area (Å²) in [6, 6.07) is 13.8. The van der Waals surface area contributed by atoms with E-state index in [9.17, 15) is 9.50 Å². The summed E-state index contributed by atoms with van der Waals surface area (Å²) in [5, 5.41) is 9.40. The summed E-state index contributed by atoms with van der Waals surface area (Å²) >= 11 is 0. The Morgan fingerprint density at radius 1 is 1.11 bits per heavy atom. The van der Waals surface area contributed by atoms with Crippen LogP contribution < -0.4 is 0 Å². The maximum absolute atomic E-state index is 14.0. The second-order valence-corrected chi connectivity index (χ2v) is 8.34. The van der Waals surface area contributed by atoms with Gasteiger partial charge in [0, 0.05) is 25.6 Å². The summed E-state index contributed by atoms with van der Waals surface area (Å²) in [5.74, 6) is 0.494. The van der Waals surface area contributed by atoms with E-state index >= 15 is 0 Å². The molecule has 2 fully saturated rings. The van der Waals surface area contributed by atoms with E-state index < -0.39 is 0 Å². The third-order valence-corrected chi connectivity index (χ3v) is 6.56. The van der Waals surface area contributed by atoms with Crippen LogP contribution in [0, 0.1) is 11.7 Å². The Bertz CT molecular complexity index is 839. The van der Waals surface area contributed by atoms with Crippen molar-refractivity contribution in [3.05, 3.63) is 70.5 Å². The van der Waals surface area contributed by atoms with Gasteiger partial charge in [-0.1, -0.05) is 30.3 Å². The second kappa shape index (κ2) is 7.01. The number of nitrogens with zero attached hydrogens (tertiary/aromatic N) is 1. The molecule has 3 aliphatic rings. The SMILES string of the molecule is OCC1CCN(C[C@H]2C[C@@H]3c4ccccc4Cc4ccc(F)cc4[C@@H]3O2)C1. The van der Waals surface area contributed by atoms with Gasteiger partial charge in [-0.15, -0.1) is 0 Å². The van der Waals surface area contributed by atoms with Crippen molar-refractivity contribution in [2.45, 2.75) is 37.4 Å². The minimum atomic E-state index is -0.184. The predicted molar refractivity (Wildman–Crippen MR) is 102 cm³/mol. The normalized spacial score (nSPS) is 29.9. The third kappa shape index (κ3) is 3.20. The molecule has 0 bridgehead atoms. The molecule has 4 atom stereocenters. The molecule has 2 heterocycles. The summed E-state index contributed by atoms with van der Waals surface area (Å²) in [5.41, 5.74) is 4.90. The van der Waals surface area contributed by atoms with Crippen LogP contribution in [0.25, 0.3) is 0 Å². The fraction of sp³-hybridized carbons (Fsp3) is 0.478. The van der Waals surface area contributed by atoms with Crippen LogP contribution in [0.15, 0.2) is 42.5 Å². The van der Waals surface area contributed by atoms with Gasteiger partial charge in [0.25, 0.3) is 0 Å². The quantitative estimate of drug-likeness (QED) is 0.899. The monoisotopic (exact) mass is 367 g/mol. The Morgan fingerprint density at radius 2 is 1.96 bits per heavy atom. The zero-order valence-electron chi connectivity index (χ0n) is 15.5. The molecule has 142 valence electrons. The van der Waals surface area contributed by atoms with Gasteiger partial charge in [-0.05, 0) is 66.1 Å². The number of benzene rings is 2. The van der Waals surface area contributed by atoms with Crippen molar-refractivity contribution < 1.29 is 14.2 Å². The third-order valence-electron chi connectivity index (χ3n) is 6.56. The number of fused-ring (bicyclic) bond motifs is 5. The number of ether oxygens (including phenoxy) is 1. The van der Waals surface area contributed by atoms with Gasteiger partial charge in [-0.3, -0.25) is 0 Å². The standard InChI is InChI=1S/C23H26FNO2/c24-18-6-5-17-9-16-3-1-2-4-20(16)22-11-19(27-23(22)21(17)10-18)13-25-8-7-15(12-25)14-26/h1-6,10,15,19,22-23,26H,7-9,11-14H2/t15?,19-,22-,23+/m1/s1. The molecule has 1 unspecified atom stereocenters. The van der Waals surface area contributed by atoms with Gasteiger partial charge in [0.15, 0.2) is 0 Å². The van der Waals surface area contributed by atoms with Crippen LogP contribution in [-0.2, 0) is 11.2 Å². The maximum Gasteiger partial charge on any atom is 0.123 e. The molecule has 0 aromatic heterocycles. The first-order valence-electron chi connectivity index (χ1n) is 10.1. The minimum absolute atomic E-state index is 0.0689. The van der Waals surface area contributed by atoms with Crippen LogP contribution in [0.4, 0.5) is 4.39 Å². The first kappa shape index (κ1) is 17.4. The van der Waals surface area contributed by atoms with E-state index in [4.69, 9.17) is 4.74 Å². The lowest BCUT2D eigenvalue weighted by molar-refractivity contribution is 0.0220. The van der Waals surface area contributed by atoms with E-state index in [1.807, 2.05) is 6.07 Å². The molecule has 1 aliphatic carbocycles. The highest BCUT2D eigenvalue weighted by Crippen LogP contribution is 2.49. The van der Waals surface area contributed by atoms with E-state index in [2.05, 4.69) is 29.2 Å². The first-order valence-corrected chi connectivity index (χ1v) is 10.1. The summed E-state index contributed by atoms with van der Waals surface area (Å²) in [7, 11) is 0. The highest BCUT2D eigenvalue weighted by molar-refractivity contribution is 5.45. The van der Waals surface area contributed by atoms with E-state index in [1.165, 1.54) is 16.7 Å². The van der Waals surface area contributed by atoms with Crippen LogP contribution in [0.5, 0.6) is 0 Å². The Labute approximate surface area is 159 Å². The van der Waals surface area contributed by atoms with Gasteiger partial charge in [0.2, 0.25) is 0 Å². The van der Waals surface area contributed by atoms with E-state index in [-0.39, 0.29) is 30.5 Å². The smallest absolute Gasteiger partial charge is 0.123 e. The fourth-order valence-electron chi connectivity index (χ4n) is 5.23. The Balaban J connectivity index is 1.45. The number of halogens is 1. The van der Waals surface area contributed by atoms with Gasteiger partial charge in [-0.25, -0.2) is 4.39 Å². The van der Waals surface area contributed by atoms with Crippen LogP contribution in [0.1, 0.15) is 47.1 Å². The molecule has 3 nitrogen and oxygen atoms in total. The van der Waals surface area contributed by atoms with E-state index in [0.29, 0.717) is 5.92 Å². The number of rotatable bonds is 3. The van der Waals surface area contributed by atoms with Crippen molar-refractivity contribution in [3.8, 4) is 0 Å². The average molecular weight is 367 g/mol. The lowest BCUT2D eigenvalue weighted by atomic mass is 9.87. The van der Waals surface area contributed by atoms with E-state index in [1.54, 1.807) is 12.1 Å². The fourth-order valence-corrected chi connectivity index (χ4v) is 5.23. The largest absolute Gasteiger partial charge is 0.396 e. The van der Waals surface area contributed by atoms with Crippen molar-refractivity contribution in [3.63, 3.8) is 0 Å². The van der Waals surface area contributed by atoms with Crippen molar-refractivity contribution in [1.29, 1.82) is 0 Å². The first-order chi connectivity index (χ1) is 13.2. The maximum atomic E-state index is 14.0. The van der Waals surface area contributed by atoms with Crippen LogP contribution in [0.3, 0.4) is 0 Å². The van der Waals surface area contributed by atoms with Crippen LogP contribution in [-0.4, -0.2) is 42.4 Å². The zero-order valence-corrected chi connectivity index (χ0v) is 15.5. The molecule has 1 N–H and O–H groups in total. The number of likely N-dealkylation sites (tertiary alicyclic amines) is 1. The Hall–Kier alpha value is -1.75. The molecule has 0 saturated carbocycles. The summed E-state index contributed by atoms with van der Waals surface area (Å²) < 4.78 is 20.6. The minimum Gasteiger partial charge on any atom is -0.396 e. The van der Waals surface area contributed by atoms with Crippen LogP contribution in [0.2, 0.25) is 0 Å². The Morgan fingerprint density at radius 3 is 2.81 bits per heavy atom. The molecule has 2 aliphatic heterocycles. The lowest BCUT2D eigenvalue weighted by Gasteiger charge is -2.22. The topological polar surface area (TPSA) is 32.7 Å². The molecular formula is C23H26FNO2. The molecule has 5 rings (SSSR count). The summed E-state index contributed by atoms with van der Waals surface area (Å²) in [6.07, 6.45) is 2.96. The molecule has 0 spiro atoms. The van der Waals surface area contributed by atoms with Crippen molar-refractivity contribution in [2.24, 2.45) is 5.92 Å². The van der Waals surface area contributed by atoms with Gasteiger partial charge >= 0.3 is 0 Å². The van der Waals surface area contributed by atoms with Crippen molar-refractivity contribution >= 4 is 0 Å². The second-order valence-electron chi connectivity index (χ2n) is 8.34. The molecule has 2 aromatic rings. The highest BCUT2D eigenvalue weighted by atomic mass is 19.1. The van der Waals surface area contributed by atoms with E-state index in [0.717, 1.165) is 44.5 Å². The molecule has 4 heteroatoms. The van der Waals surface area contributed by atoms with Gasteiger partial charge in [-0.2, -0.15) is 0 Å². The number of aliphatic hydroxyl groups is 1. The van der Waals surface area contributed by atoms with Gasteiger partial charge in [0.1, 0.15) is 5.82 Å². The number of hydrogen-bond acceptors (Lipinski definition) is 3. The van der Waals surface area contributed by atoms with Crippen LogP contribution >= 0.6 is 0 Å². The summed E-state index contributed by atoms with van der Waals surface area (Å²) in [6.45, 7) is 3.15. The zero-order chi connectivity index (χ0) is 18.4. The molecule has 27 heavy (non-hydrogen) atoms. The Kier molecular flexibility index (Phi) is 4.50. The highest BCUT2D eigenvalue weighted by Gasteiger charge is 2.41. The summed E-state index contributed by atoms with van der Waals surface area (Å²) in [4.78, 5) is 2.41. The van der Waals surface area contributed by atoms with Gasteiger partial charge < -0.3 is 14.7 Å². The molecule has 2 aromatic carbocycles. The lowest BCUT2D eigenvalue weighted by Crippen LogP contribution is -2.31. The van der Waals surface area contributed by atoms with Crippen molar-refractivity contribution in [1.82, 2.24) is 4.90 Å².